The molecule has 3 heterocycles. The molecule has 3 aliphatic rings. The van der Waals surface area contributed by atoms with Crippen LogP contribution >= 0.6 is 11.6 Å². The Morgan fingerprint density at radius 2 is 1.90 bits per heavy atom. The number of nitrogens with one attached hydrogen (secondary N) is 1. The van der Waals surface area contributed by atoms with E-state index in [0.29, 0.717) is 16.6 Å². The predicted molar refractivity (Wildman–Crippen MR) is 158 cm³/mol. The monoisotopic (exact) mass is 556 g/mol. The number of aryl methyl sites for hydroxylation is 1. The largest absolute Gasteiger partial charge is 0.476 e. The Balaban J connectivity index is 1.77. The van der Waals surface area contributed by atoms with E-state index in [9.17, 15) is 4.79 Å². The molecule has 1 amide bonds. The van der Waals surface area contributed by atoms with Crippen LogP contribution in [0.15, 0.2) is 48.4 Å². The van der Waals surface area contributed by atoms with Gasteiger partial charge in [0.15, 0.2) is 5.88 Å². The van der Waals surface area contributed by atoms with Crippen LogP contribution < -0.4 is 10.2 Å². The molecular formula is C32H45ClN2O4. The molecule has 4 rings (SSSR count). The molecule has 0 aliphatic carbocycles. The molecule has 2 saturated heterocycles. The minimum atomic E-state index is -0.595. The average Bonchev–Trinajstić information content (AvgIpc) is 3.58. The Morgan fingerprint density at radius 3 is 2.56 bits per heavy atom. The number of hydrogen-bond acceptors (Lipinski definition) is 5. The first kappa shape index (κ1) is 29.7. The van der Waals surface area contributed by atoms with Gasteiger partial charge in [0.2, 0.25) is 5.91 Å². The number of carbonyl (C=O) groups excluding carboxylic acids is 1. The number of anilines is 1. The second kappa shape index (κ2) is 10.9. The Bertz CT molecular complexity index is 1190. The number of methoxy groups -OCH3 is 1. The van der Waals surface area contributed by atoms with Crippen molar-refractivity contribution in [1.29, 1.82) is 0 Å². The van der Waals surface area contributed by atoms with Crippen molar-refractivity contribution in [1.82, 2.24) is 5.32 Å². The van der Waals surface area contributed by atoms with Crippen LogP contribution in [0.1, 0.15) is 71.4 Å². The molecule has 7 heteroatoms. The summed E-state index contributed by atoms with van der Waals surface area (Å²) >= 11 is 6.74. The van der Waals surface area contributed by atoms with Gasteiger partial charge in [-0.1, -0.05) is 62.2 Å². The fraction of sp³-hybridized carbons (Fsp3) is 0.594. The summed E-state index contributed by atoms with van der Waals surface area (Å²) in [6.45, 7) is 19.1. The van der Waals surface area contributed by atoms with Crippen LogP contribution in [0.25, 0.3) is 0 Å². The summed E-state index contributed by atoms with van der Waals surface area (Å²) < 4.78 is 18.4. The highest BCUT2D eigenvalue weighted by molar-refractivity contribution is 6.34. The van der Waals surface area contributed by atoms with Crippen molar-refractivity contribution in [2.24, 2.45) is 11.8 Å². The van der Waals surface area contributed by atoms with Crippen LogP contribution in [0.3, 0.4) is 0 Å². The molecule has 0 spiro atoms. The van der Waals surface area contributed by atoms with Gasteiger partial charge in [0.1, 0.15) is 11.7 Å². The number of rotatable bonds is 1. The van der Waals surface area contributed by atoms with Gasteiger partial charge in [0, 0.05) is 38.0 Å². The zero-order valence-corrected chi connectivity index (χ0v) is 25.7. The average molecular weight is 557 g/mol. The quantitative estimate of drug-likeness (QED) is 0.391. The summed E-state index contributed by atoms with van der Waals surface area (Å²) in [7, 11) is 3.43. The molecule has 3 aliphatic heterocycles. The lowest BCUT2D eigenvalue weighted by molar-refractivity contribution is -0.121. The third-order valence-electron chi connectivity index (χ3n) is 9.52. The first-order chi connectivity index (χ1) is 18.2. The highest BCUT2D eigenvalue weighted by Crippen LogP contribution is 2.49. The van der Waals surface area contributed by atoms with Crippen LogP contribution in [-0.2, 0) is 19.0 Å². The second-order valence-corrected chi connectivity index (χ2v) is 12.6. The minimum Gasteiger partial charge on any atom is -0.476 e. The van der Waals surface area contributed by atoms with Crippen molar-refractivity contribution in [3.63, 3.8) is 0 Å². The summed E-state index contributed by atoms with van der Waals surface area (Å²) in [5, 5.41) is 4.10. The summed E-state index contributed by atoms with van der Waals surface area (Å²) in [5.41, 5.74) is 3.17. The maximum atomic E-state index is 13.6. The van der Waals surface area contributed by atoms with Gasteiger partial charge < -0.3 is 24.4 Å². The first-order valence-electron chi connectivity index (χ1n) is 14.0. The van der Waals surface area contributed by atoms with E-state index in [-0.39, 0.29) is 47.8 Å². The Morgan fingerprint density at radius 1 is 1.21 bits per heavy atom. The van der Waals surface area contributed by atoms with Gasteiger partial charge >= 0.3 is 0 Å². The van der Waals surface area contributed by atoms with Crippen LogP contribution in [0.5, 0.6) is 0 Å². The van der Waals surface area contributed by atoms with E-state index in [1.165, 1.54) is 5.57 Å². The number of benzene rings is 1. The standard InChI is InChI=1S/C32H45ClN2O4/c1-18-12-11-13-20(3)31(7)17-26(38-23(6)34-31)22(5)30-32(8,39-30)27(37-10)16-28(36)35(9)25-15-24(21(18)4)14-19(2)29(25)33/h11-15,20-22,26-27,30,34H,6,16-17H2,1-5,7-10H3/b13-11+,18-12+. The second-order valence-electron chi connectivity index (χ2n) is 12.3. The minimum absolute atomic E-state index is 0.0721. The maximum Gasteiger partial charge on any atom is 0.229 e. The van der Waals surface area contributed by atoms with Gasteiger partial charge in [-0.15, -0.1) is 0 Å². The number of halogens is 1. The number of carbonyl (C=O) groups is 1. The molecule has 6 nitrogen and oxygen atoms in total. The molecule has 1 aromatic rings. The fourth-order valence-corrected chi connectivity index (χ4v) is 6.41. The molecule has 0 aromatic heterocycles. The summed E-state index contributed by atoms with van der Waals surface area (Å²) in [6, 6.07) is 4.15. The number of ether oxygens (including phenoxy) is 3. The summed E-state index contributed by atoms with van der Waals surface area (Å²) in [5.74, 6) is 0.966. The number of amides is 1. The van der Waals surface area contributed by atoms with Crippen LogP contribution in [0, 0.1) is 18.8 Å². The Labute approximate surface area is 239 Å². The van der Waals surface area contributed by atoms with Gasteiger partial charge in [-0.05, 0) is 57.4 Å². The lowest BCUT2D eigenvalue weighted by Crippen LogP contribution is -2.55. The van der Waals surface area contributed by atoms with E-state index in [4.69, 9.17) is 25.8 Å². The van der Waals surface area contributed by atoms with E-state index in [2.05, 4.69) is 70.8 Å². The van der Waals surface area contributed by atoms with Crippen LogP contribution in [0.2, 0.25) is 5.02 Å². The van der Waals surface area contributed by atoms with Gasteiger partial charge in [-0.25, -0.2) is 0 Å². The van der Waals surface area contributed by atoms with E-state index in [1.807, 2.05) is 19.9 Å². The van der Waals surface area contributed by atoms with Crippen molar-refractivity contribution in [2.45, 2.75) is 96.7 Å². The molecule has 2 fully saturated rings. The molecule has 0 radical (unpaired) electrons. The molecular weight excluding hydrogens is 512 g/mol. The molecule has 1 aromatic carbocycles. The highest BCUT2D eigenvalue weighted by atomic mass is 35.5. The van der Waals surface area contributed by atoms with Gasteiger partial charge in [-0.2, -0.15) is 0 Å². The Kier molecular flexibility index (Phi) is 8.33. The van der Waals surface area contributed by atoms with Crippen molar-refractivity contribution < 1.29 is 19.0 Å². The molecule has 8 atom stereocenters. The molecule has 8 unspecified atom stereocenters. The lowest BCUT2D eigenvalue weighted by atomic mass is 9.76. The van der Waals surface area contributed by atoms with Crippen LogP contribution in [-0.4, -0.2) is 49.5 Å². The topological polar surface area (TPSA) is 63.3 Å². The van der Waals surface area contributed by atoms with E-state index >= 15 is 0 Å². The number of allylic oxidation sites excluding steroid dienone is 3. The van der Waals surface area contributed by atoms with Crippen LogP contribution in [0.4, 0.5) is 5.69 Å². The number of epoxide rings is 1. The normalized spacial score (nSPS) is 39.6. The van der Waals surface area contributed by atoms with Crippen molar-refractivity contribution >= 4 is 23.2 Å². The van der Waals surface area contributed by atoms with Crippen molar-refractivity contribution in [2.75, 3.05) is 19.1 Å². The SMILES string of the molecule is C=C1NC2(C)CC(O1)C(C)C1OC1(C)C(OC)CC(=O)N(C)c1cc(cc(C)c1Cl)C(C)/C(C)=C/C=C/C2C. The molecule has 0 saturated carbocycles. The number of fused-ring (bicyclic) bond motifs is 5. The third-order valence-corrected chi connectivity index (χ3v) is 10.0. The van der Waals surface area contributed by atoms with Crippen molar-refractivity contribution in [3.8, 4) is 0 Å². The predicted octanol–water partition coefficient (Wildman–Crippen LogP) is 6.67. The van der Waals surface area contributed by atoms with Gasteiger partial charge in [-0.3, -0.25) is 4.79 Å². The zero-order valence-electron chi connectivity index (χ0n) is 24.9. The van der Waals surface area contributed by atoms with E-state index in [0.717, 1.165) is 17.5 Å². The van der Waals surface area contributed by atoms with Gasteiger partial charge in [0.25, 0.3) is 0 Å². The van der Waals surface area contributed by atoms with E-state index < -0.39 is 11.7 Å². The molecule has 4 bridgehead atoms. The Hall–Kier alpha value is -2.28. The molecule has 39 heavy (non-hydrogen) atoms. The van der Waals surface area contributed by atoms with E-state index in [1.54, 1.807) is 19.1 Å². The number of nitrogens with zero attached hydrogens (tertiary/aromatic N) is 1. The summed E-state index contributed by atoms with van der Waals surface area (Å²) in [6.07, 6.45) is 6.97. The van der Waals surface area contributed by atoms with Gasteiger partial charge in [0.05, 0.1) is 29.3 Å². The smallest absolute Gasteiger partial charge is 0.229 e. The first-order valence-corrected chi connectivity index (χ1v) is 14.4. The zero-order chi connectivity index (χ0) is 28.9. The maximum absolute atomic E-state index is 13.6. The number of hydrogen-bond donors (Lipinski definition) is 1. The fourth-order valence-electron chi connectivity index (χ4n) is 6.17. The summed E-state index contributed by atoms with van der Waals surface area (Å²) in [4.78, 5) is 15.2. The third kappa shape index (κ3) is 5.66. The molecule has 1 N–H and O–H groups in total. The molecule has 214 valence electrons. The highest BCUT2D eigenvalue weighted by Gasteiger charge is 2.62. The van der Waals surface area contributed by atoms with Crippen molar-refractivity contribution in [3.05, 3.63) is 64.5 Å². The lowest BCUT2D eigenvalue weighted by Gasteiger charge is -2.45.